The fraction of sp³-hybridized carbons (Fsp3) is 0.619. The van der Waals surface area contributed by atoms with Crippen molar-refractivity contribution in [2.75, 3.05) is 33.2 Å². The molecule has 1 fully saturated rings. The molecule has 1 aliphatic carbocycles. The van der Waals surface area contributed by atoms with Gasteiger partial charge in [0.05, 0.1) is 19.1 Å². The molecule has 1 aromatic rings. The summed E-state index contributed by atoms with van der Waals surface area (Å²) in [5.41, 5.74) is 0.943. The Morgan fingerprint density at radius 1 is 1.11 bits per heavy atom. The van der Waals surface area contributed by atoms with Crippen molar-refractivity contribution in [3.63, 3.8) is 0 Å². The predicted molar refractivity (Wildman–Crippen MR) is 105 cm³/mol. The molecule has 2 amide bonds. The molecule has 0 aromatic heterocycles. The second-order valence-corrected chi connectivity index (χ2v) is 7.38. The molecule has 1 N–H and O–H groups in total. The maximum absolute atomic E-state index is 13.3. The van der Waals surface area contributed by atoms with Gasteiger partial charge in [0, 0.05) is 13.1 Å². The maximum Gasteiger partial charge on any atom is 0.236 e. The summed E-state index contributed by atoms with van der Waals surface area (Å²) in [6.07, 6.45) is 4.46. The predicted octanol–water partition coefficient (Wildman–Crippen LogP) is 2.97. The highest BCUT2D eigenvalue weighted by Gasteiger charge is 2.28. The van der Waals surface area contributed by atoms with E-state index in [0.29, 0.717) is 19.0 Å². The van der Waals surface area contributed by atoms with E-state index in [1.54, 1.807) is 29.0 Å². The maximum atomic E-state index is 13.3. The average molecular weight is 378 g/mol. The molecule has 1 unspecified atom stereocenters. The highest BCUT2D eigenvalue weighted by Crippen LogP contribution is 2.35. The van der Waals surface area contributed by atoms with Gasteiger partial charge in [-0.2, -0.15) is 0 Å². The Morgan fingerprint density at radius 2 is 1.70 bits per heavy atom. The number of nitrogens with one attached hydrogen (secondary N) is 1. The van der Waals surface area contributed by atoms with Crippen LogP contribution in [-0.4, -0.2) is 54.8 Å². The molecular formula is C21H32FN3O2. The summed E-state index contributed by atoms with van der Waals surface area (Å²) in [4.78, 5) is 28.3. The number of hydrogen-bond donors (Lipinski definition) is 1. The average Bonchev–Trinajstić information content (AvgIpc) is 3.15. The number of nitrogens with zero attached hydrogens (tertiary/aromatic N) is 2. The Labute approximate surface area is 161 Å². The Kier molecular flexibility index (Phi) is 8.23. The van der Waals surface area contributed by atoms with Gasteiger partial charge in [-0.05, 0) is 57.4 Å². The molecule has 6 heteroatoms. The third kappa shape index (κ3) is 6.31. The number of benzene rings is 1. The van der Waals surface area contributed by atoms with E-state index in [1.807, 2.05) is 13.8 Å². The molecule has 0 saturated heterocycles. The molecule has 0 radical (unpaired) electrons. The summed E-state index contributed by atoms with van der Waals surface area (Å²) in [6.45, 7) is 5.62. The zero-order chi connectivity index (χ0) is 19.8. The number of rotatable bonds is 9. The first-order valence-corrected chi connectivity index (χ1v) is 9.95. The first-order chi connectivity index (χ1) is 12.9. The fourth-order valence-electron chi connectivity index (χ4n) is 3.86. The first-order valence-electron chi connectivity index (χ1n) is 9.95. The summed E-state index contributed by atoms with van der Waals surface area (Å²) in [6, 6.07) is 6.29. The number of halogens is 1. The number of carbonyl (C=O) groups excluding carboxylic acids is 2. The number of amides is 2. The highest BCUT2D eigenvalue weighted by atomic mass is 19.1. The topological polar surface area (TPSA) is 52.7 Å². The van der Waals surface area contributed by atoms with Crippen molar-refractivity contribution in [2.24, 2.45) is 5.92 Å². The van der Waals surface area contributed by atoms with Crippen LogP contribution in [0.5, 0.6) is 0 Å². The lowest BCUT2D eigenvalue weighted by molar-refractivity contribution is -0.132. The molecule has 1 aromatic carbocycles. The van der Waals surface area contributed by atoms with Crippen LogP contribution in [-0.2, 0) is 9.59 Å². The zero-order valence-corrected chi connectivity index (χ0v) is 16.7. The van der Waals surface area contributed by atoms with Crippen molar-refractivity contribution in [3.8, 4) is 0 Å². The van der Waals surface area contributed by atoms with Crippen molar-refractivity contribution < 1.29 is 14.0 Å². The molecule has 150 valence electrons. The number of carbonyl (C=O) groups is 2. The van der Waals surface area contributed by atoms with Crippen molar-refractivity contribution in [1.82, 2.24) is 15.1 Å². The van der Waals surface area contributed by atoms with Crippen LogP contribution in [0.3, 0.4) is 0 Å². The van der Waals surface area contributed by atoms with Crippen LogP contribution in [0, 0.1) is 11.7 Å². The minimum absolute atomic E-state index is 0.0289. The molecule has 1 saturated carbocycles. The van der Waals surface area contributed by atoms with Crippen LogP contribution in [0.4, 0.5) is 4.39 Å². The zero-order valence-electron chi connectivity index (χ0n) is 16.7. The molecule has 0 bridgehead atoms. The lowest BCUT2D eigenvalue weighted by Gasteiger charge is -2.27. The van der Waals surface area contributed by atoms with Crippen LogP contribution < -0.4 is 5.32 Å². The Balaban J connectivity index is 1.96. The molecule has 0 aliphatic heterocycles. The smallest absolute Gasteiger partial charge is 0.236 e. The van der Waals surface area contributed by atoms with E-state index in [9.17, 15) is 14.0 Å². The quantitative estimate of drug-likeness (QED) is 0.720. The summed E-state index contributed by atoms with van der Waals surface area (Å²) in [5.74, 6) is 0.0270. The minimum Gasteiger partial charge on any atom is -0.348 e. The molecule has 1 atom stereocenters. The molecule has 27 heavy (non-hydrogen) atoms. The van der Waals surface area contributed by atoms with E-state index >= 15 is 0 Å². The van der Waals surface area contributed by atoms with E-state index in [0.717, 1.165) is 31.2 Å². The molecular weight excluding hydrogens is 345 g/mol. The molecule has 0 heterocycles. The van der Waals surface area contributed by atoms with Gasteiger partial charge in [-0.1, -0.05) is 25.0 Å². The van der Waals surface area contributed by atoms with Crippen molar-refractivity contribution in [2.45, 2.75) is 45.6 Å². The van der Waals surface area contributed by atoms with Crippen molar-refractivity contribution in [3.05, 3.63) is 35.6 Å². The monoisotopic (exact) mass is 377 g/mol. The molecule has 2 rings (SSSR count). The van der Waals surface area contributed by atoms with Gasteiger partial charge in [0.2, 0.25) is 11.8 Å². The Hall–Kier alpha value is -1.95. The van der Waals surface area contributed by atoms with Crippen LogP contribution in [0.2, 0.25) is 0 Å². The molecule has 0 spiro atoms. The van der Waals surface area contributed by atoms with Gasteiger partial charge in [0.1, 0.15) is 5.82 Å². The third-order valence-corrected chi connectivity index (χ3v) is 5.35. The van der Waals surface area contributed by atoms with Crippen LogP contribution in [0.25, 0.3) is 0 Å². The van der Waals surface area contributed by atoms with Crippen LogP contribution in [0.15, 0.2) is 24.3 Å². The second-order valence-electron chi connectivity index (χ2n) is 7.38. The van der Waals surface area contributed by atoms with Gasteiger partial charge in [0.25, 0.3) is 0 Å². The minimum atomic E-state index is -0.273. The van der Waals surface area contributed by atoms with Gasteiger partial charge in [0.15, 0.2) is 0 Å². The summed E-state index contributed by atoms with van der Waals surface area (Å²) in [7, 11) is 1.78. The van der Waals surface area contributed by atoms with Gasteiger partial charge in [-0.15, -0.1) is 0 Å². The van der Waals surface area contributed by atoms with Gasteiger partial charge in [-0.3, -0.25) is 14.5 Å². The van der Waals surface area contributed by atoms with Gasteiger partial charge < -0.3 is 10.2 Å². The van der Waals surface area contributed by atoms with Crippen molar-refractivity contribution >= 4 is 11.8 Å². The second kappa shape index (κ2) is 10.4. The van der Waals surface area contributed by atoms with Crippen molar-refractivity contribution in [1.29, 1.82) is 0 Å². The fourth-order valence-corrected chi connectivity index (χ4v) is 3.86. The number of likely N-dealkylation sites (N-methyl/N-ethyl adjacent to an activating group) is 2. The lowest BCUT2D eigenvalue weighted by atomic mass is 9.91. The molecule has 5 nitrogen and oxygen atoms in total. The van der Waals surface area contributed by atoms with E-state index < -0.39 is 0 Å². The SMILES string of the molecule is CCN(CC)C(=O)CN(C)CC(=O)NC(c1ccc(F)cc1)C1CCCC1. The molecule has 1 aliphatic rings. The lowest BCUT2D eigenvalue weighted by Crippen LogP contribution is -2.44. The Morgan fingerprint density at radius 3 is 2.26 bits per heavy atom. The van der Waals surface area contributed by atoms with E-state index in [4.69, 9.17) is 0 Å². The van der Waals surface area contributed by atoms with Gasteiger partial charge >= 0.3 is 0 Å². The summed E-state index contributed by atoms with van der Waals surface area (Å²) < 4.78 is 13.3. The highest BCUT2D eigenvalue weighted by molar-refractivity contribution is 5.81. The normalized spacial score (nSPS) is 15.7. The third-order valence-electron chi connectivity index (χ3n) is 5.35. The van der Waals surface area contributed by atoms with Crippen LogP contribution >= 0.6 is 0 Å². The first kappa shape index (κ1) is 21.4. The van der Waals surface area contributed by atoms with E-state index in [2.05, 4.69) is 5.32 Å². The largest absolute Gasteiger partial charge is 0.348 e. The summed E-state index contributed by atoms with van der Waals surface area (Å²) >= 11 is 0. The van der Waals surface area contributed by atoms with Gasteiger partial charge in [-0.25, -0.2) is 4.39 Å². The standard InChI is InChI=1S/C21H32FN3O2/c1-4-25(5-2)20(27)15-24(3)14-19(26)23-21(16-8-6-7-9-16)17-10-12-18(22)13-11-17/h10-13,16,21H,4-9,14-15H2,1-3H3,(H,23,26). The van der Waals surface area contributed by atoms with E-state index in [-0.39, 0.29) is 36.8 Å². The van der Waals surface area contributed by atoms with E-state index in [1.165, 1.54) is 12.1 Å². The summed E-state index contributed by atoms with van der Waals surface area (Å²) in [5, 5.41) is 3.13. The number of hydrogen-bond acceptors (Lipinski definition) is 3. The van der Waals surface area contributed by atoms with Crippen LogP contribution in [0.1, 0.15) is 51.1 Å². The Bertz CT molecular complexity index is 610.